The maximum Gasteiger partial charge on any atom is 0.118 e. The Balaban J connectivity index is 1.32. The van der Waals surface area contributed by atoms with Crippen LogP contribution in [0.25, 0.3) is 0 Å². The summed E-state index contributed by atoms with van der Waals surface area (Å²) in [5.41, 5.74) is 1.96. The molecule has 2 saturated heterocycles. The first-order valence-electron chi connectivity index (χ1n) is 9.38. The van der Waals surface area contributed by atoms with Gasteiger partial charge in [0.1, 0.15) is 5.75 Å². The van der Waals surface area contributed by atoms with Crippen molar-refractivity contribution in [2.75, 3.05) is 33.3 Å². The molecule has 0 atom stereocenters. The SMILES string of the molecule is COc1ccc(CN2CCC3(CCCN3CC3CC3)CC2)cc1. The number of hydrogen-bond acceptors (Lipinski definition) is 3. The molecular weight excluding hydrogens is 284 g/mol. The van der Waals surface area contributed by atoms with Crippen LogP contribution in [0, 0.1) is 5.92 Å². The third-order valence-electron chi connectivity index (χ3n) is 6.27. The monoisotopic (exact) mass is 314 g/mol. The number of benzene rings is 1. The van der Waals surface area contributed by atoms with E-state index in [2.05, 4.69) is 34.1 Å². The van der Waals surface area contributed by atoms with Gasteiger partial charge in [0, 0.05) is 31.7 Å². The highest BCUT2D eigenvalue weighted by atomic mass is 16.5. The van der Waals surface area contributed by atoms with Crippen molar-refractivity contribution in [1.29, 1.82) is 0 Å². The van der Waals surface area contributed by atoms with Gasteiger partial charge in [-0.3, -0.25) is 9.80 Å². The van der Waals surface area contributed by atoms with E-state index in [0.29, 0.717) is 5.54 Å². The van der Waals surface area contributed by atoms with Crippen LogP contribution in [0.4, 0.5) is 0 Å². The first-order valence-corrected chi connectivity index (χ1v) is 9.38. The van der Waals surface area contributed by atoms with E-state index < -0.39 is 0 Å². The van der Waals surface area contributed by atoms with E-state index in [4.69, 9.17) is 4.74 Å². The van der Waals surface area contributed by atoms with Crippen molar-refractivity contribution in [2.24, 2.45) is 5.92 Å². The zero-order valence-corrected chi connectivity index (χ0v) is 14.5. The molecule has 1 saturated carbocycles. The van der Waals surface area contributed by atoms with Gasteiger partial charge in [-0.2, -0.15) is 0 Å². The summed E-state index contributed by atoms with van der Waals surface area (Å²) >= 11 is 0. The highest BCUT2D eigenvalue weighted by Crippen LogP contribution is 2.41. The molecule has 3 nitrogen and oxygen atoms in total. The number of methoxy groups -OCH3 is 1. The number of hydrogen-bond donors (Lipinski definition) is 0. The summed E-state index contributed by atoms with van der Waals surface area (Å²) in [4.78, 5) is 5.51. The first-order chi connectivity index (χ1) is 11.3. The molecular formula is C20H30N2O. The zero-order valence-electron chi connectivity index (χ0n) is 14.5. The predicted molar refractivity (Wildman–Crippen MR) is 93.8 cm³/mol. The van der Waals surface area contributed by atoms with E-state index in [9.17, 15) is 0 Å². The molecule has 3 heteroatoms. The Hall–Kier alpha value is -1.06. The second-order valence-electron chi connectivity index (χ2n) is 7.84. The second kappa shape index (κ2) is 6.45. The topological polar surface area (TPSA) is 15.7 Å². The number of rotatable bonds is 5. The van der Waals surface area contributed by atoms with E-state index in [0.717, 1.165) is 18.2 Å². The summed E-state index contributed by atoms with van der Waals surface area (Å²) < 4.78 is 5.25. The lowest BCUT2D eigenvalue weighted by atomic mass is 9.84. The van der Waals surface area contributed by atoms with Crippen molar-refractivity contribution in [1.82, 2.24) is 9.80 Å². The second-order valence-corrected chi connectivity index (χ2v) is 7.84. The van der Waals surface area contributed by atoms with Crippen molar-refractivity contribution in [3.05, 3.63) is 29.8 Å². The van der Waals surface area contributed by atoms with Crippen LogP contribution in [-0.4, -0.2) is 48.6 Å². The summed E-state index contributed by atoms with van der Waals surface area (Å²) in [6.45, 7) is 6.34. The summed E-state index contributed by atoms with van der Waals surface area (Å²) in [5, 5.41) is 0. The number of piperidine rings is 1. The Morgan fingerprint density at radius 2 is 1.78 bits per heavy atom. The molecule has 126 valence electrons. The summed E-state index contributed by atoms with van der Waals surface area (Å²) in [7, 11) is 1.73. The Morgan fingerprint density at radius 1 is 1.04 bits per heavy atom. The lowest BCUT2D eigenvalue weighted by molar-refractivity contribution is 0.0471. The predicted octanol–water partition coefficient (Wildman–Crippen LogP) is 3.54. The summed E-state index contributed by atoms with van der Waals surface area (Å²) in [5.74, 6) is 1.98. The maximum atomic E-state index is 5.25. The van der Waals surface area contributed by atoms with E-state index >= 15 is 0 Å². The highest BCUT2D eigenvalue weighted by Gasteiger charge is 2.44. The highest BCUT2D eigenvalue weighted by molar-refractivity contribution is 5.27. The van der Waals surface area contributed by atoms with Gasteiger partial charge in [0.05, 0.1) is 7.11 Å². The third-order valence-corrected chi connectivity index (χ3v) is 6.27. The Labute approximate surface area is 140 Å². The standard InChI is InChI=1S/C20H30N2O/c1-23-19-7-5-17(6-8-19)15-21-13-10-20(11-14-21)9-2-12-22(20)16-18-3-4-18/h5-8,18H,2-4,9-16H2,1H3. The lowest BCUT2D eigenvalue weighted by Crippen LogP contribution is -2.52. The van der Waals surface area contributed by atoms with E-state index in [1.54, 1.807) is 7.11 Å². The summed E-state index contributed by atoms with van der Waals surface area (Å²) in [6.07, 6.45) is 8.57. The molecule has 3 fully saturated rings. The molecule has 0 unspecified atom stereocenters. The first kappa shape index (κ1) is 15.5. The van der Waals surface area contributed by atoms with Gasteiger partial charge in [0.2, 0.25) is 0 Å². The van der Waals surface area contributed by atoms with Crippen LogP contribution in [0.3, 0.4) is 0 Å². The molecule has 4 rings (SSSR count). The fourth-order valence-corrected chi connectivity index (χ4v) is 4.57. The molecule has 23 heavy (non-hydrogen) atoms. The average Bonchev–Trinajstić information content (AvgIpc) is 3.33. The molecule has 0 N–H and O–H groups in total. The quantitative estimate of drug-likeness (QED) is 0.827. The molecule has 2 aliphatic heterocycles. The molecule has 1 aromatic rings. The number of likely N-dealkylation sites (tertiary alicyclic amines) is 2. The van der Waals surface area contributed by atoms with Gasteiger partial charge in [-0.15, -0.1) is 0 Å². The van der Waals surface area contributed by atoms with Crippen LogP contribution < -0.4 is 4.74 Å². The van der Waals surface area contributed by atoms with E-state index in [-0.39, 0.29) is 0 Å². The van der Waals surface area contributed by atoms with Crippen molar-refractivity contribution in [3.8, 4) is 5.75 Å². The fourth-order valence-electron chi connectivity index (χ4n) is 4.57. The maximum absolute atomic E-state index is 5.25. The Bertz CT molecular complexity index is 515. The number of ether oxygens (including phenoxy) is 1. The molecule has 0 bridgehead atoms. The van der Waals surface area contributed by atoms with Crippen LogP contribution in [0.5, 0.6) is 5.75 Å². The van der Waals surface area contributed by atoms with Gasteiger partial charge >= 0.3 is 0 Å². The molecule has 1 spiro atoms. The minimum Gasteiger partial charge on any atom is -0.497 e. The minimum atomic E-state index is 0.555. The Kier molecular flexibility index (Phi) is 4.33. The lowest BCUT2D eigenvalue weighted by Gasteiger charge is -2.45. The van der Waals surface area contributed by atoms with E-state index in [1.165, 1.54) is 70.3 Å². The van der Waals surface area contributed by atoms with Gasteiger partial charge in [-0.05, 0) is 68.7 Å². The van der Waals surface area contributed by atoms with Crippen LogP contribution in [0.15, 0.2) is 24.3 Å². The van der Waals surface area contributed by atoms with Gasteiger partial charge in [-0.25, -0.2) is 0 Å². The van der Waals surface area contributed by atoms with Crippen LogP contribution >= 0.6 is 0 Å². The average molecular weight is 314 g/mol. The smallest absolute Gasteiger partial charge is 0.118 e. The molecule has 2 heterocycles. The number of nitrogens with zero attached hydrogens (tertiary/aromatic N) is 2. The minimum absolute atomic E-state index is 0.555. The largest absolute Gasteiger partial charge is 0.497 e. The van der Waals surface area contributed by atoms with Crippen LogP contribution in [-0.2, 0) is 6.54 Å². The molecule has 0 radical (unpaired) electrons. The molecule has 1 aromatic carbocycles. The van der Waals surface area contributed by atoms with Crippen molar-refractivity contribution in [3.63, 3.8) is 0 Å². The summed E-state index contributed by atoms with van der Waals surface area (Å²) in [6, 6.07) is 8.57. The van der Waals surface area contributed by atoms with Gasteiger partial charge in [-0.1, -0.05) is 12.1 Å². The molecule has 1 aliphatic carbocycles. The fraction of sp³-hybridized carbons (Fsp3) is 0.700. The van der Waals surface area contributed by atoms with Crippen molar-refractivity contribution < 1.29 is 4.74 Å². The van der Waals surface area contributed by atoms with Crippen LogP contribution in [0.1, 0.15) is 44.1 Å². The van der Waals surface area contributed by atoms with Crippen molar-refractivity contribution >= 4 is 0 Å². The van der Waals surface area contributed by atoms with Crippen LogP contribution in [0.2, 0.25) is 0 Å². The van der Waals surface area contributed by atoms with Gasteiger partial charge < -0.3 is 4.74 Å². The normalized spacial score (nSPS) is 25.1. The van der Waals surface area contributed by atoms with Gasteiger partial charge in [0.15, 0.2) is 0 Å². The Morgan fingerprint density at radius 3 is 2.43 bits per heavy atom. The van der Waals surface area contributed by atoms with E-state index in [1.807, 2.05) is 0 Å². The van der Waals surface area contributed by atoms with Crippen molar-refractivity contribution in [2.45, 2.75) is 50.6 Å². The van der Waals surface area contributed by atoms with Gasteiger partial charge in [0.25, 0.3) is 0 Å². The third kappa shape index (κ3) is 3.41. The zero-order chi connectivity index (χ0) is 15.7. The molecule has 0 amide bonds. The molecule has 3 aliphatic rings. The molecule has 0 aromatic heterocycles.